The van der Waals surface area contributed by atoms with E-state index in [9.17, 15) is 0 Å². The molecule has 2 nitrogen and oxygen atoms in total. The van der Waals surface area contributed by atoms with Crippen molar-refractivity contribution >= 4 is 28.8 Å². The number of nitrogens with two attached hydrogens (primary N) is 1. The molecule has 1 heterocycles. The Hall–Kier alpha value is -1.00. The molecule has 0 aliphatic carbocycles. The van der Waals surface area contributed by atoms with Gasteiger partial charge in [0.2, 0.25) is 0 Å². The van der Waals surface area contributed by atoms with E-state index in [2.05, 4.69) is 24.2 Å². The van der Waals surface area contributed by atoms with Gasteiger partial charge in [0.15, 0.2) is 0 Å². The number of hydrogen-bond acceptors (Lipinski definition) is 4. The van der Waals surface area contributed by atoms with Crippen LogP contribution in [0.1, 0.15) is 18.9 Å². The third kappa shape index (κ3) is 3.23. The summed E-state index contributed by atoms with van der Waals surface area (Å²) in [6, 6.07) is 7.87. The lowest BCUT2D eigenvalue weighted by atomic mass is 10.1. The molecule has 0 atom stereocenters. The van der Waals surface area contributed by atoms with Crippen LogP contribution in [0.2, 0.25) is 0 Å². The number of anilines is 1. The molecule has 0 aliphatic heterocycles. The Morgan fingerprint density at radius 3 is 2.82 bits per heavy atom. The van der Waals surface area contributed by atoms with Gasteiger partial charge < -0.3 is 5.73 Å². The van der Waals surface area contributed by atoms with Crippen LogP contribution in [-0.4, -0.2) is 10.2 Å². The van der Waals surface area contributed by atoms with Crippen molar-refractivity contribution in [2.24, 2.45) is 0 Å². The average Bonchev–Trinajstić information content (AvgIpc) is 2.75. The van der Waals surface area contributed by atoms with Crippen LogP contribution < -0.4 is 5.73 Å². The van der Waals surface area contributed by atoms with Gasteiger partial charge >= 0.3 is 0 Å². The van der Waals surface area contributed by atoms with Gasteiger partial charge in [-0.1, -0.05) is 32.0 Å². The third-order valence-electron chi connectivity index (χ3n) is 2.33. The highest BCUT2D eigenvalue weighted by atomic mass is 32.2. The largest absolute Gasteiger partial charge is 0.398 e. The van der Waals surface area contributed by atoms with Crippen molar-refractivity contribution in [3.05, 3.63) is 34.7 Å². The Morgan fingerprint density at radius 1 is 1.35 bits per heavy atom. The number of aromatic nitrogens is 1. The highest BCUT2D eigenvalue weighted by molar-refractivity contribution is 7.99. The fourth-order valence-electron chi connectivity index (χ4n) is 1.47. The number of hydrogen-bond donors (Lipinski definition) is 1. The summed E-state index contributed by atoms with van der Waals surface area (Å²) in [5.74, 6) is 0.981. The molecule has 0 fully saturated rings. The van der Waals surface area contributed by atoms with E-state index < -0.39 is 0 Å². The molecule has 1 aromatic carbocycles. The van der Waals surface area contributed by atoms with Crippen LogP contribution >= 0.6 is 23.1 Å². The predicted octanol–water partition coefficient (Wildman–Crippen LogP) is 4.03. The van der Waals surface area contributed by atoms with E-state index in [4.69, 9.17) is 5.73 Å². The molecule has 2 N–H and O–H groups in total. The number of benzene rings is 1. The zero-order chi connectivity index (χ0) is 12.3. The molecular formula is C13H16N2S2. The van der Waals surface area contributed by atoms with Gasteiger partial charge in [0.25, 0.3) is 0 Å². The first-order chi connectivity index (χ1) is 8.16. The maximum atomic E-state index is 5.94. The van der Waals surface area contributed by atoms with E-state index >= 15 is 0 Å². The number of nitrogens with zero attached hydrogens (tertiary/aromatic N) is 1. The molecule has 0 bridgehead atoms. The van der Waals surface area contributed by atoms with E-state index in [0.717, 1.165) is 22.7 Å². The van der Waals surface area contributed by atoms with Crippen LogP contribution in [0.15, 0.2) is 29.6 Å². The zero-order valence-corrected chi connectivity index (χ0v) is 11.6. The van der Waals surface area contributed by atoms with Crippen molar-refractivity contribution in [3.63, 3.8) is 0 Å². The van der Waals surface area contributed by atoms with Crippen LogP contribution in [0.25, 0.3) is 11.3 Å². The first-order valence-corrected chi connectivity index (χ1v) is 7.50. The number of nitrogen functional groups attached to an aromatic ring is 1. The molecule has 0 saturated heterocycles. The van der Waals surface area contributed by atoms with Crippen LogP contribution in [0, 0.1) is 0 Å². The molecule has 4 heteroatoms. The molecule has 1 aromatic heterocycles. The Kier molecular flexibility index (Phi) is 4.07. The van der Waals surface area contributed by atoms with Crippen LogP contribution in [-0.2, 0) is 5.75 Å². The minimum Gasteiger partial charge on any atom is -0.398 e. The van der Waals surface area contributed by atoms with Crippen molar-refractivity contribution in [1.29, 1.82) is 0 Å². The van der Waals surface area contributed by atoms with Gasteiger partial charge in [-0.3, -0.25) is 0 Å². The van der Waals surface area contributed by atoms with E-state index in [-0.39, 0.29) is 0 Å². The lowest BCUT2D eigenvalue weighted by Crippen LogP contribution is -1.91. The van der Waals surface area contributed by atoms with Gasteiger partial charge in [-0.2, -0.15) is 11.8 Å². The van der Waals surface area contributed by atoms with Gasteiger partial charge in [-0.25, -0.2) is 4.98 Å². The van der Waals surface area contributed by atoms with E-state index in [1.807, 2.05) is 36.0 Å². The number of thiazole rings is 1. The number of rotatable bonds is 4. The van der Waals surface area contributed by atoms with Crippen molar-refractivity contribution in [2.75, 3.05) is 5.73 Å². The van der Waals surface area contributed by atoms with Crippen LogP contribution in [0.5, 0.6) is 0 Å². The molecular weight excluding hydrogens is 248 g/mol. The van der Waals surface area contributed by atoms with E-state index in [1.54, 1.807) is 11.3 Å². The van der Waals surface area contributed by atoms with E-state index in [1.165, 1.54) is 5.01 Å². The Balaban J connectivity index is 2.16. The van der Waals surface area contributed by atoms with Crippen LogP contribution in [0.3, 0.4) is 0 Å². The fraction of sp³-hybridized carbons (Fsp3) is 0.308. The Morgan fingerprint density at radius 2 is 2.12 bits per heavy atom. The molecule has 0 amide bonds. The van der Waals surface area contributed by atoms with Gasteiger partial charge in [-0.15, -0.1) is 11.3 Å². The first-order valence-electron chi connectivity index (χ1n) is 5.57. The summed E-state index contributed by atoms with van der Waals surface area (Å²) in [6.45, 7) is 4.41. The molecule has 2 rings (SSSR count). The molecule has 0 spiro atoms. The molecule has 0 aliphatic rings. The highest BCUT2D eigenvalue weighted by Crippen LogP contribution is 2.28. The molecule has 0 unspecified atom stereocenters. The maximum Gasteiger partial charge on any atom is 0.103 e. The van der Waals surface area contributed by atoms with Gasteiger partial charge in [0, 0.05) is 22.4 Å². The second-order valence-electron chi connectivity index (χ2n) is 4.07. The fourth-order valence-corrected chi connectivity index (χ4v) is 3.06. The molecule has 2 aromatic rings. The normalized spacial score (nSPS) is 11.0. The van der Waals surface area contributed by atoms with Gasteiger partial charge in [0.05, 0.1) is 5.69 Å². The summed E-state index contributed by atoms with van der Waals surface area (Å²) in [5, 5.41) is 3.90. The second-order valence-corrected chi connectivity index (χ2v) is 6.58. The van der Waals surface area contributed by atoms with Gasteiger partial charge in [-0.05, 0) is 11.3 Å². The topological polar surface area (TPSA) is 38.9 Å². The minimum atomic E-state index is 0.643. The summed E-state index contributed by atoms with van der Waals surface area (Å²) in [4.78, 5) is 4.63. The summed E-state index contributed by atoms with van der Waals surface area (Å²) in [5.41, 5.74) is 8.76. The van der Waals surface area contributed by atoms with Crippen molar-refractivity contribution in [1.82, 2.24) is 4.98 Å². The lowest BCUT2D eigenvalue weighted by molar-refractivity contribution is 1.10. The van der Waals surface area contributed by atoms with Crippen molar-refractivity contribution in [3.8, 4) is 11.3 Å². The molecule has 90 valence electrons. The minimum absolute atomic E-state index is 0.643. The molecule has 17 heavy (non-hydrogen) atoms. The lowest BCUT2D eigenvalue weighted by Gasteiger charge is -2.02. The highest BCUT2D eigenvalue weighted by Gasteiger charge is 2.07. The van der Waals surface area contributed by atoms with Gasteiger partial charge in [0.1, 0.15) is 5.01 Å². The van der Waals surface area contributed by atoms with Crippen molar-refractivity contribution < 1.29 is 0 Å². The zero-order valence-electron chi connectivity index (χ0n) is 10.0. The van der Waals surface area contributed by atoms with E-state index in [0.29, 0.717) is 5.25 Å². The number of thioether (sulfide) groups is 1. The summed E-state index contributed by atoms with van der Waals surface area (Å²) >= 11 is 3.62. The summed E-state index contributed by atoms with van der Waals surface area (Å²) < 4.78 is 0. The molecule has 0 radical (unpaired) electrons. The molecule has 0 saturated carbocycles. The Labute approximate surface area is 110 Å². The summed E-state index contributed by atoms with van der Waals surface area (Å²) in [7, 11) is 0. The smallest absolute Gasteiger partial charge is 0.103 e. The number of para-hydroxylation sites is 1. The second kappa shape index (κ2) is 5.56. The third-order valence-corrected chi connectivity index (χ3v) is 4.47. The maximum absolute atomic E-state index is 5.94. The summed E-state index contributed by atoms with van der Waals surface area (Å²) in [6.07, 6.45) is 0. The SMILES string of the molecule is CC(C)SCc1nc(-c2ccccc2N)cs1. The van der Waals surface area contributed by atoms with Crippen LogP contribution in [0.4, 0.5) is 5.69 Å². The first kappa shape index (κ1) is 12.5. The Bertz CT molecular complexity index is 492. The average molecular weight is 264 g/mol. The monoisotopic (exact) mass is 264 g/mol. The van der Waals surface area contributed by atoms with Crippen molar-refractivity contribution in [2.45, 2.75) is 24.9 Å². The quantitative estimate of drug-likeness (QED) is 0.847. The standard InChI is InChI=1S/C13H16N2S2/c1-9(2)16-8-13-15-12(7-17-13)10-5-3-4-6-11(10)14/h3-7,9H,8,14H2,1-2H3. The predicted molar refractivity (Wildman–Crippen MR) is 78.4 cm³/mol.